The van der Waals surface area contributed by atoms with Crippen molar-refractivity contribution in [3.05, 3.63) is 34.9 Å². The van der Waals surface area contributed by atoms with E-state index in [-0.39, 0.29) is 5.91 Å². The van der Waals surface area contributed by atoms with Gasteiger partial charge in [-0.05, 0) is 31.0 Å². The number of benzene rings is 1. The fraction of sp³-hybridized carbons (Fsp3) is 0.429. The van der Waals surface area contributed by atoms with Gasteiger partial charge in [0.2, 0.25) is 0 Å². The highest BCUT2D eigenvalue weighted by Crippen LogP contribution is 2.29. The summed E-state index contributed by atoms with van der Waals surface area (Å²) in [5.41, 5.74) is 5.85. The first kappa shape index (κ1) is 14.3. The third kappa shape index (κ3) is 3.25. The van der Waals surface area contributed by atoms with E-state index in [4.69, 9.17) is 29.6 Å². The van der Waals surface area contributed by atoms with Gasteiger partial charge < -0.3 is 11.1 Å². The lowest BCUT2D eigenvalue weighted by molar-refractivity contribution is 0.0908. The molecule has 0 saturated heterocycles. The maximum absolute atomic E-state index is 12.3. The Bertz CT molecular complexity index is 498. The van der Waals surface area contributed by atoms with Crippen LogP contribution in [0.25, 0.3) is 0 Å². The molecule has 3 nitrogen and oxygen atoms in total. The molecule has 0 spiro atoms. The molecule has 1 aliphatic carbocycles. The molecular weight excluding hydrogens is 280 g/mol. The quantitative estimate of drug-likeness (QED) is 0.843. The maximum atomic E-state index is 12.3. The van der Waals surface area contributed by atoms with Crippen molar-refractivity contribution in [2.75, 3.05) is 0 Å². The van der Waals surface area contributed by atoms with Gasteiger partial charge in [0, 0.05) is 10.6 Å². The summed E-state index contributed by atoms with van der Waals surface area (Å²) in [6, 6.07) is 6.87. The van der Waals surface area contributed by atoms with Crippen molar-refractivity contribution in [3.63, 3.8) is 0 Å². The Balaban J connectivity index is 2.18. The summed E-state index contributed by atoms with van der Waals surface area (Å²) in [6.07, 6.45) is 4.86. The highest BCUT2D eigenvalue weighted by atomic mass is 35.5. The molecule has 0 aromatic heterocycles. The third-order valence-electron chi connectivity index (χ3n) is 3.62. The lowest BCUT2D eigenvalue weighted by Crippen LogP contribution is -2.57. The van der Waals surface area contributed by atoms with E-state index in [1.165, 1.54) is 0 Å². The molecule has 0 atom stereocenters. The zero-order valence-electron chi connectivity index (χ0n) is 10.6. The van der Waals surface area contributed by atoms with Gasteiger partial charge >= 0.3 is 0 Å². The second kappa shape index (κ2) is 5.88. The molecule has 19 heavy (non-hydrogen) atoms. The van der Waals surface area contributed by atoms with Crippen molar-refractivity contribution in [1.82, 2.24) is 5.32 Å². The van der Waals surface area contributed by atoms with Crippen molar-refractivity contribution in [2.24, 2.45) is 5.73 Å². The molecule has 1 aromatic carbocycles. The maximum Gasteiger partial charge on any atom is 0.252 e. The molecule has 0 aliphatic heterocycles. The number of halogens is 1. The van der Waals surface area contributed by atoms with Gasteiger partial charge in [-0.2, -0.15) is 0 Å². The Morgan fingerprint density at radius 1 is 1.32 bits per heavy atom. The highest BCUT2D eigenvalue weighted by Gasteiger charge is 2.36. The molecule has 102 valence electrons. The van der Waals surface area contributed by atoms with E-state index in [1.54, 1.807) is 24.3 Å². The average Bonchev–Trinajstić information content (AvgIpc) is 2.39. The summed E-state index contributed by atoms with van der Waals surface area (Å²) in [4.78, 5) is 12.7. The van der Waals surface area contributed by atoms with Gasteiger partial charge in [-0.25, -0.2) is 0 Å². The number of carbonyl (C=O) groups excluding carboxylic acids is 1. The number of hydrogen-bond donors (Lipinski definition) is 2. The molecule has 0 heterocycles. The van der Waals surface area contributed by atoms with Gasteiger partial charge in [-0.15, -0.1) is 0 Å². The molecule has 3 N–H and O–H groups in total. The predicted molar refractivity (Wildman–Crippen MR) is 81.5 cm³/mol. The number of nitrogens with one attached hydrogen (secondary N) is 1. The van der Waals surface area contributed by atoms with E-state index in [1.807, 2.05) is 0 Å². The summed E-state index contributed by atoms with van der Waals surface area (Å²) < 4.78 is 0. The summed E-state index contributed by atoms with van der Waals surface area (Å²) in [7, 11) is 0. The number of carbonyl (C=O) groups is 1. The van der Waals surface area contributed by atoms with Crippen LogP contribution in [-0.4, -0.2) is 16.4 Å². The van der Waals surface area contributed by atoms with Crippen molar-refractivity contribution in [1.29, 1.82) is 0 Å². The number of thiocarbonyl (C=S) groups is 1. The van der Waals surface area contributed by atoms with Gasteiger partial charge in [-0.1, -0.05) is 49.1 Å². The molecule has 1 aromatic rings. The summed E-state index contributed by atoms with van der Waals surface area (Å²) in [5, 5.41) is 3.55. The second-order valence-electron chi connectivity index (χ2n) is 4.97. The molecule has 1 amide bonds. The largest absolute Gasteiger partial charge is 0.391 e. The zero-order valence-corrected chi connectivity index (χ0v) is 12.2. The molecule has 2 rings (SSSR count). The number of rotatable bonds is 3. The second-order valence-corrected chi connectivity index (χ2v) is 5.85. The highest BCUT2D eigenvalue weighted by molar-refractivity contribution is 7.80. The minimum atomic E-state index is -0.535. The van der Waals surface area contributed by atoms with Crippen molar-refractivity contribution < 1.29 is 4.79 Å². The molecule has 5 heteroatoms. The van der Waals surface area contributed by atoms with Gasteiger partial charge in [0.25, 0.3) is 5.91 Å². The molecule has 1 aliphatic rings. The Morgan fingerprint density at radius 2 is 2.00 bits per heavy atom. The van der Waals surface area contributed by atoms with Crippen LogP contribution in [0.2, 0.25) is 5.02 Å². The van der Waals surface area contributed by atoms with Crippen molar-refractivity contribution in [2.45, 2.75) is 37.6 Å². The lowest BCUT2D eigenvalue weighted by atomic mass is 9.81. The van der Waals surface area contributed by atoms with Crippen LogP contribution in [0.1, 0.15) is 42.5 Å². The number of hydrogen-bond acceptors (Lipinski definition) is 2. The SMILES string of the molecule is NC(=S)C1(NC(=O)c2cccc(Cl)c2)CCCCC1. The van der Waals surface area contributed by atoms with Crippen LogP contribution >= 0.6 is 23.8 Å². The van der Waals surface area contributed by atoms with Crippen molar-refractivity contribution in [3.8, 4) is 0 Å². The van der Waals surface area contributed by atoms with Crippen LogP contribution in [-0.2, 0) is 0 Å². The van der Waals surface area contributed by atoms with Crippen LogP contribution in [0.4, 0.5) is 0 Å². The lowest BCUT2D eigenvalue weighted by Gasteiger charge is -2.37. The standard InChI is InChI=1S/C14H17ClN2OS/c15-11-6-4-5-10(9-11)12(18)17-14(13(16)19)7-2-1-3-8-14/h4-6,9H,1-3,7-8H2,(H2,16,19)(H,17,18). The Labute approximate surface area is 123 Å². The smallest absolute Gasteiger partial charge is 0.252 e. The summed E-state index contributed by atoms with van der Waals surface area (Å²) >= 11 is 11.1. The van der Waals surface area contributed by atoms with Crippen LogP contribution in [0.5, 0.6) is 0 Å². The first-order valence-corrected chi connectivity index (χ1v) is 7.20. The predicted octanol–water partition coefficient (Wildman–Crippen LogP) is 3.06. The number of amides is 1. The average molecular weight is 297 g/mol. The van der Waals surface area contributed by atoms with E-state index in [0.29, 0.717) is 15.6 Å². The Kier molecular flexibility index (Phi) is 4.42. The van der Waals surface area contributed by atoms with Crippen LogP contribution in [0.3, 0.4) is 0 Å². The molecular formula is C14H17ClN2OS. The Morgan fingerprint density at radius 3 is 2.58 bits per heavy atom. The van der Waals surface area contributed by atoms with E-state index in [0.717, 1.165) is 32.1 Å². The molecule has 0 bridgehead atoms. The van der Waals surface area contributed by atoms with E-state index in [2.05, 4.69) is 5.32 Å². The van der Waals surface area contributed by atoms with Gasteiger partial charge in [-0.3, -0.25) is 4.79 Å². The van der Waals surface area contributed by atoms with Gasteiger partial charge in [0.15, 0.2) is 0 Å². The minimum absolute atomic E-state index is 0.169. The monoisotopic (exact) mass is 296 g/mol. The molecule has 1 fully saturated rings. The van der Waals surface area contributed by atoms with Gasteiger partial charge in [0.1, 0.15) is 0 Å². The normalized spacial score (nSPS) is 17.7. The molecule has 0 unspecified atom stereocenters. The first-order chi connectivity index (χ1) is 9.03. The topological polar surface area (TPSA) is 55.1 Å². The van der Waals surface area contributed by atoms with Crippen LogP contribution < -0.4 is 11.1 Å². The van der Waals surface area contributed by atoms with Crippen LogP contribution in [0, 0.1) is 0 Å². The fourth-order valence-electron chi connectivity index (χ4n) is 2.51. The fourth-order valence-corrected chi connectivity index (χ4v) is 2.95. The van der Waals surface area contributed by atoms with E-state index >= 15 is 0 Å². The van der Waals surface area contributed by atoms with Crippen molar-refractivity contribution >= 4 is 34.7 Å². The molecule has 1 saturated carbocycles. The first-order valence-electron chi connectivity index (χ1n) is 6.41. The van der Waals surface area contributed by atoms with Crippen LogP contribution in [0.15, 0.2) is 24.3 Å². The Hall–Kier alpha value is -1.13. The summed E-state index contributed by atoms with van der Waals surface area (Å²) in [6.45, 7) is 0. The van der Waals surface area contributed by atoms with E-state index in [9.17, 15) is 4.79 Å². The summed E-state index contributed by atoms with van der Waals surface area (Å²) in [5.74, 6) is -0.169. The minimum Gasteiger partial charge on any atom is -0.391 e. The zero-order chi connectivity index (χ0) is 13.9. The number of nitrogens with two attached hydrogens (primary N) is 1. The third-order valence-corrected chi connectivity index (χ3v) is 4.24. The van der Waals surface area contributed by atoms with E-state index < -0.39 is 5.54 Å². The molecule has 0 radical (unpaired) electrons. The van der Waals surface area contributed by atoms with Gasteiger partial charge in [0.05, 0.1) is 10.5 Å².